The highest BCUT2D eigenvalue weighted by Crippen LogP contribution is 2.12. The van der Waals surface area contributed by atoms with Crippen molar-refractivity contribution >= 4 is 17.9 Å². The number of halogens is 1. The van der Waals surface area contributed by atoms with Gasteiger partial charge in [0.15, 0.2) is 12.4 Å². The summed E-state index contributed by atoms with van der Waals surface area (Å²) in [6.45, 7) is 1.28. The zero-order valence-corrected chi connectivity index (χ0v) is 11.6. The first-order chi connectivity index (χ1) is 10.5. The van der Waals surface area contributed by atoms with Gasteiger partial charge in [0.1, 0.15) is 12.0 Å². The van der Waals surface area contributed by atoms with Crippen LogP contribution in [0.3, 0.4) is 0 Å². The van der Waals surface area contributed by atoms with Gasteiger partial charge in [-0.2, -0.15) is 5.10 Å². The maximum Gasteiger partial charge on any atom is 0.343 e. The van der Waals surface area contributed by atoms with Gasteiger partial charge in [0, 0.05) is 6.92 Å². The van der Waals surface area contributed by atoms with E-state index in [0.29, 0.717) is 11.4 Å². The molecule has 0 saturated carbocycles. The number of nitro groups is 1. The predicted octanol–water partition coefficient (Wildman–Crippen LogP) is 1.39. The first kappa shape index (κ1) is 15.3. The van der Waals surface area contributed by atoms with Gasteiger partial charge < -0.3 is 10.1 Å². The largest absolute Gasteiger partial charge is 0.358 e. The number of amides is 1. The molecule has 1 amide bonds. The van der Waals surface area contributed by atoms with Gasteiger partial charge >= 0.3 is 5.82 Å². The number of carbonyl (C=O) groups is 1. The zero-order chi connectivity index (χ0) is 16.1. The number of benzene rings is 1. The molecule has 22 heavy (non-hydrogen) atoms. The number of hydrogen-bond donors (Lipinski definition) is 1. The summed E-state index contributed by atoms with van der Waals surface area (Å²) >= 11 is 0. The van der Waals surface area contributed by atoms with Gasteiger partial charge in [-0.3, -0.25) is 4.79 Å². The molecule has 0 fully saturated rings. The molecule has 1 heterocycles. The average molecular weight is 305 g/mol. The number of nitrogens with one attached hydrogen (secondary N) is 1. The molecule has 1 aromatic carbocycles. The number of carbonyl (C=O) groups excluding carboxylic acids is 1. The molecule has 0 atom stereocenters. The van der Waals surface area contributed by atoms with Gasteiger partial charge in [-0.1, -0.05) is 12.1 Å². The summed E-state index contributed by atoms with van der Waals surface area (Å²) in [7, 11) is 0. The van der Waals surface area contributed by atoms with Crippen molar-refractivity contribution < 1.29 is 14.1 Å². The van der Waals surface area contributed by atoms with E-state index in [1.54, 1.807) is 6.92 Å². The van der Waals surface area contributed by atoms with Crippen LogP contribution in [-0.2, 0) is 11.3 Å². The van der Waals surface area contributed by atoms with Crippen LogP contribution in [0.5, 0.6) is 0 Å². The lowest BCUT2D eigenvalue weighted by Gasteiger charge is -2.01. The van der Waals surface area contributed by atoms with Crippen molar-refractivity contribution in [1.29, 1.82) is 0 Å². The minimum absolute atomic E-state index is 0.268. The Morgan fingerprint density at radius 3 is 2.82 bits per heavy atom. The van der Waals surface area contributed by atoms with Crippen molar-refractivity contribution in [2.75, 3.05) is 0 Å². The smallest absolute Gasteiger partial charge is 0.343 e. The Hall–Kier alpha value is -3.10. The van der Waals surface area contributed by atoms with E-state index < -0.39 is 10.8 Å². The third-order valence-electron chi connectivity index (χ3n) is 2.80. The Balaban J connectivity index is 1.97. The maximum absolute atomic E-state index is 12.7. The van der Waals surface area contributed by atoms with Crippen molar-refractivity contribution in [3.05, 3.63) is 57.8 Å². The van der Waals surface area contributed by atoms with Crippen LogP contribution in [0.2, 0.25) is 0 Å². The molecule has 0 saturated heterocycles. The molecule has 8 nitrogen and oxygen atoms in total. The molecule has 2 aromatic rings. The highest BCUT2D eigenvalue weighted by molar-refractivity contribution is 5.82. The summed E-state index contributed by atoms with van der Waals surface area (Å²) < 4.78 is 13.9. The first-order valence-electron chi connectivity index (χ1n) is 6.21. The van der Waals surface area contributed by atoms with E-state index >= 15 is 0 Å². The van der Waals surface area contributed by atoms with Gasteiger partial charge in [0.25, 0.3) is 5.91 Å². The summed E-state index contributed by atoms with van der Waals surface area (Å²) in [4.78, 5) is 25.7. The van der Waals surface area contributed by atoms with Crippen LogP contribution in [0.15, 0.2) is 35.6 Å². The lowest BCUT2D eigenvalue weighted by atomic mass is 10.2. The second-order valence-corrected chi connectivity index (χ2v) is 4.35. The topological polar surface area (TPSA) is 102 Å². The first-order valence-corrected chi connectivity index (χ1v) is 6.21. The summed E-state index contributed by atoms with van der Waals surface area (Å²) in [6.07, 6.45) is 2.43. The summed E-state index contributed by atoms with van der Waals surface area (Å²) in [5.74, 6) is -0.828. The number of imidazole rings is 1. The fraction of sp³-hybridized carbons (Fsp3) is 0.154. The van der Waals surface area contributed by atoms with E-state index in [0.717, 1.165) is 6.20 Å². The number of hydrogen-bond acceptors (Lipinski definition) is 5. The third kappa shape index (κ3) is 3.72. The number of hydrazone groups is 1. The van der Waals surface area contributed by atoms with E-state index in [1.807, 2.05) is 0 Å². The van der Waals surface area contributed by atoms with Gasteiger partial charge in [-0.25, -0.2) is 19.4 Å². The maximum atomic E-state index is 12.7. The highest BCUT2D eigenvalue weighted by atomic mass is 19.1. The minimum Gasteiger partial charge on any atom is -0.358 e. The van der Waals surface area contributed by atoms with Gasteiger partial charge in [-0.15, -0.1) is 0 Å². The fourth-order valence-corrected chi connectivity index (χ4v) is 1.70. The molecule has 0 aliphatic rings. The Morgan fingerprint density at radius 1 is 1.50 bits per heavy atom. The second-order valence-electron chi connectivity index (χ2n) is 4.35. The second kappa shape index (κ2) is 6.57. The van der Waals surface area contributed by atoms with E-state index in [-0.39, 0.29) is 18.2 Å². The number of aromatic nitrogens is 2. The number of aryl methyl sites for hydroxylation is 1. The van der Waals surface area contributed by atoms with Crippen molar-refractivity contribution in [3.8, 4) is 0 Å². The molecule has 2 rings (SSSR count). The summed E-state index contributed by atoms with van der Waals surface area (Å²) in [5, 5.41) is 14.5. The summed E-state index contributed by atoms with van der Waals surface area (Å²) in [6, 6.07) is 5.52. The lowest BCUT2D eigenvalue weighted by Crippen LogP contribution is -2.24. The molecule has 0 spiro atoms. The Kier molecular flexibility index (Phi) is 4.57. The predicted molar refractivity (Wildman–Crippen MR) is 75.8 cm³/mol. The monoisotopic (exact) mass is 305 g/mol. The van der Waals surface area contributed by atoms with Crippen molar-refractivity contribution in [1.82, 2.24) is 15.0 Å². The van der Waals surface area contributed by atoms with E-state index in [1.165, 1.54) is 35.0 Å². The molecule has 1 N–H and O–H groups in total. The third-order valence-corrected chi connectivity index (χ3v) is 2.80. The van der Waals surface area contributed by atoms with Crippen LogP contribution >= 0.6 is 0 Å². The molecule has 0 aliphatic heterocycles. The van der Waals surface area contributed by atoms with Gasteiger partial charge in [0.2, 0.25) is 0 Å². The fourth-order valence-electron chi connectivity index (χ4n) is 1.70. The van der Waals surface area contributed by atoms with Crippen molar-refractivity contribution in [2.45, 2.75) is 13.5 Å². The van der Waals surface area contributed by atoms with Crippen LogP contribution in [0.1, 0.15) is 11.4 Å². The van der Waals surface area contributed by atoms with Crippen LogP contribution in [0.25, 0.3) is 0 Å². The van der Waals surface area contributed by atoms with Crippen LogP contribution in [0.4, 0.5) is 10.2 Å². The Labute approximate surface area is 124 Å². The summed E-state index contributed by atoms with van der Waals surface area (Å²) in [5.41, 5.74) is 2.85. The Bertz CT molecular complexity index is 724. The average Bonchev–Trinajstić information content (AvgIpc) is 2.82. The molecule has 0 aliphatic carbocycles. The molecule has 0 unspecified atom stereocenters. The lowest BCUT2D eigenvalue weighted by molar-refractivity contribution is -0.392. The standard InChI is InChI=1S/C13H12FN5O3/c1-9-15-7-13(19(21)22)18(9)8-12(20)17-16-6-10-2-4-11(14)5-3-10/h2-7H,8H2,1H3,(H,17,20)/b16-6+. The Morgan fingerprint density at radius 2 is 2.18 bits per heavy atom. The SMILES string of the molecule is Cc1ncc([N+](=O)[O-])n1CC(=O)N/N=C/c1ccc(F)cc1. The quantitative estimate of drug-likeness (QED) is 0.512. The van der Waals surface area contributed by atoms with E-state index in [2.05, 4.69) is 15.5 Å². The molecular weight excluding hydrogens is 293 g/mol. The van der Waals surface area contributed by atoms with Crippen molar-refractivity contribution in [3.63, 3.8) is 0 Å². The normalized spacial score (nSPS) is 10.8. The van der Waals surface area contributed by atoms with Crippen LogP contribution in [0, 0.1) is 22.9 Å². The van der Waals surface area contributed by atoms with Gasteiger partial charge in [0.05, 0.1) is 6.21 Å². The van der Waals surface area contributed by atoms with Crippen molar-refractivity contribution in [2.24, 2.45) is 5.10 Å². The van der Waals surface area contributed by atoms with Crippen LogP contribution < -0.4 is 5.43 Å². The molecule has 114 valence electrons. The van der Waals surface area contributed by atoms with E-state index in [9.17, 15) is 19.3 Å². The zero-order valence-electron chi connectivity index (χ0n) is 11.6. The van der Waals surface area contributed by atoms with Gasteiger partial charge in [-0.05, 0) is 22.6 Å². The molecule has 0 bridgehead atoms. The minimum atomic E-state index is -0.616. The number of rotatable bonds is 5. The molecular formula is C13H12FN5O3. The highest BCUT2D eigenvalue weighted by Gasteiger charge is 2.19. The molecule has 9 heteroatoms. The van der Waals surface area contributed by atoms with Crippen LogP contribution in [-0.4, -0.2) is 26.6 Å². The molecule has 1 aromatic heterocycles. The molecule has 0 radical (unpaired) electrons. The number of nitrogens with zero attached hydrogens (tertiary/aromatic N) is 4. The van der Waals surface area contributed by atoms with E-state index in [4.69, 9.17) is 0 Å².